The summed E-state index contributed by atoms with van der Waals surface area (Å²) in [4.78, 5) is 5.10. The summed E-state index contributed by atoms with van der Waals surface area (Å²) in [6, 6.07) is 21.7. The van der Waals surface area contributed by atoms with Crippen LogP contribution in [0.4, 0.5) is 10.1 Å². The van der Waals surface area contributed by atoms with E-state index in [4.69, 9.17) is 21.2 Å². The predicted molar refractivity (Wildman–Crippen MR) is 100.0 cm³/mol. The second-order valence-electron chi connectivity index (χ2n) is 5.34. The van der Waals surface area contributed by atoms with Crippen molar-refractivity contribution in [1.82, 2.24) is 0 Å². The van der Waals surface area contributed by atoms with Gasteiger partial charge in [-0.2, -0.15) is 0 Å². The van der Waals surface area contributed by atoms with Gasteiger partial charge >= 0.3 is 8.03 Å². The van der Waals surface area contributed by atoms with Crippen molar-refractivity contribution in [1.29, 1.82) is 0 Å². The van der Waals surface area contributed by atoms with E-state index in [1.165, 1.54) is 18.2 Å². The number of nitrogens with one attached hydrogen (secondary N) is 1. The van der Waals surface area contributed by atoms with Gasteiger partial charge in [0.25, 0.3) is 5.78 Å². The van der Waals surface area contributed by atoms with Gasteiger partial charge in [0.05, 0.1) is 10.2 Å². The lowest BCUT2D eigenvalue weighted by molar-refractivity contribution is -0.0928. The molecule has 132 valence electrons. The number of hydrogen-bond donors (Lipinski definition) is 1. The number of rotatable bonds is 7. The zero-order chi connectivity index (χ0) is 18.4. The molecule has 3 rings (SSSR count). The average molecular weight is 391 g/mol. The highest BCUT2D eigenvalue weighted by molar-refractivity contribution is 7.39. The smallest absolute Gasteiger partial charge is 0.336 e. The lowest BCUT2D eigenvalue weighted by atomic mass is 10.2. The SMILES string of the molecule is O=[P+](OOc1ccccc1)C(Nc1ccccc1)c1cc(Cl)ccc1F. The van der Waals surface area contributed by atoms with Gasteiger partial charge in [0.15, 0.2) is 5.75 Å². The fourth-order valence-electron chi connectivity index (χ4n) is 2.26. The quantitative estimate of drug-likeness (QED) is 0.290. The van der Waals surface area contributed by atoms with Crippen LogP contribution in [-0.2, 0) is 9.24 Å². The number of anilines is 1. The first-order chi connectivity index (χ1) is 12.6. The Morgan fingerprint density at radius 2 is 1.62 bits per heavy atom. The Morgan fingerprint density at radius 3 is 2.31 bits per heavy atom. The number of hydrogen-bond acceptors (Lipinski definition) is 4. The van der Waals surface area contributed by atoms with Crippen molar-refractivity contribution in [2.75, 3.05) is 5.32 Å². The van der Waals surface area contributed by atoms with Crippen LogP contribution in [0.1, 0.15) is 11.3 Å². The molecule has 0 aliphatic rings. The van der Waals surface area contributed by atoms with Gasteiger partial charge in [-0.1, -0.05) is 48.0 Å². The monoisotopic (exact) mass is 390 g/mol. The molecule has 4 nitrogen and oxygen atoms in total. The van der Waals surface area contributed by atoms with Crippen molar-refractivity contribution < 1.29 is 18.5 Å². The molecule has 26 heavy (non-hydrogen) atoms. The molecule has 3 aromatic rings. The minimum Gasteiger partial charge on any atom is -0.336 e. The van der Waals surface area contributed by atoms with Gasteiger partial charge in [-0.3, -0.25) is 4.89 Å². The average Bonchev–Trinajstić information content (AvgIpc) is 2.68. The van der Waals surface area contributed by atoms with Crippen molar-refractivity contribution in [2.45, 2.75) is 5.78 Å². The van der Waals surface area contributed by atoms with Crippen LogP contribution >= 0.6 is 19.6 Å². The van der Waals surface area contributed by atoms with E-state index >= 15 is 0 Å². The molecule has 0 bridgehead atoms. The molecule has 0 aliphatic heterocycles. The van der Waals surface area contributed by atoms with Crippen LogP contribution in [0.2, 0.25) is 5.02 Å². The maximum absolute atomic E-state index is 14.3. The van der Waals surface area contributed by atoms with Crippen molar-refractivity contribution >= 4 is 25.3 Å². The minimum atomic E-state index is -2.48. The summed E-state index contributed by atoms with van der Waals surface area (Å²) in [6.45, 7) is 0. The van der Waals surface area contributed by atoms with Crippen molar-refractivity contribution in [2.24, 2.45) is 0 Å². The van der Waals surface area contributed by atoms with Crippen LogP contribution < -0.4 is 10.2 Å². The Kier molecular flexibility index (Phi) is 6.18. The highest BCUT2D eigenvalue weighted by Gasteiger charge is 2.39. The van der Waals surface area contributed by atoms with Gasteiger partial charge < -0.3 is 5.32 Å². The van der Waals surface area contributed by atoms with E-state index < -0.39 is 19.6 Å². The summed E-state index contributed by atoms with van der Waals surface area (Å²) in [7, 11) is -2.48. The van der Waals surface area contributed by atoms with Crippen LogP contribution in [0.5, 0.6) is 5.75 Å². The predicted octanol–water partition coefficient (Wildman–Crippen LogP) is 6.34. The Morgan fingerprint density at radius 1 is 0.962 bits per heavy atom. The summed E-state index contributed by atoms with van der Waals surface area (Å²) < 4.78 is 32.1. The normalized spacial score (nSPS) is 12.3. The standard InChI is InChI=1S/C19H15ClFNO3P/c20-14-11-12-18(21)17(13-14)19(22-15-7-3-1-4-8-15)26(23)25-24-16-9-5-2-6-10-16/h1-13,19,22H/q+1. The zero-order valence-corrected chi connectivity index (χ0v) is 15.2. The molecule has 0 radical (unpaired) electrons. The molecule has 0 amide bonds. The number of para-hydroxylation sites is 2. The van der Waals surface area contributed by atoms with E-state index in [1.807, 2.05) is 24.3 Å². The van der Waals surface area contributed by atoms with E-state index in [1.54, 1.807) is 36.4 Å². The van der Waals surface area contributed by atoms with Crippen LogP contribution in [0.15, 0.2) is 78.9 Å². The first kappa shape index (κ1) is 18.3. The molecule has 0 fully saturated rings. The third-order valence-corrected chi connectivity index (χ3v) is 4.78. The second kappa shape index (κ2) is 8.77. The van der Waals surface area contributed by atoms with Gasteiger partial charge in [-0.25, -0.2) is 4.39 Å². The van der Waals surface area contributed by atoms with Gasteiger partial charge in [-0.05, 0) is 47.0 Å². The molecule has 0 saturated carbocycles. The molecule has 2 unspecified atom stereocenters. The largest absolute Gasteiger partial charge is 0.582 e. The van der Waals surface area contributed by atoms with E-state index in [-0.39, 0.29) is 5.56 Å². The molecule has 7 heteroatoms. The molecule has 0 saturated heterocycles. The Labute approximate surface area is 156 Å². The Balaban J connectivity index is 1.84. The fourth-order valence-corrected chi connectivity index (χ4v) is 3.36. The third-order valence-electron chi connectivity index (χ3n) is 3.49. The minimum absolute atomic E-state index is 0.124. The molecule has 0 aliphatic carbocycles. The molecule has 0 aromatic heterocycles. The van der Waals surface area contributed by atoms with Crippen molar-refractivity contribution in [3.8, 4) is 5.75 Å². The van der Waals surface area contributed by atoms with Gasteiger partial charge in [0, 0.05) is 10.7 Å². The molecule has 3 aromatic carbocycles. The fraction of sp³-hybridized carbons (Fsp3) is 0.0526. The van der Waals surface area contributed by atoms with Crippen molar-refractivity contribution in [3.05, 3.63) is 95.3 Å². The Bertz CT molecular complexity index is 880. The summed E-state index contributed by atoms with van der Waals surface area (Å²) >= 11 is 5.98. The summed E-state index contributed by atoms with van der Waals surface area (Å²) in [5.41, 5.74) is 0.780. The van der Waals surface area contributed by atoms with E-state index in [9.17, 15) is 8.96 Å². The molecule has 0 spiro atoms. The van der Waals surface area contributed by atoms with Crippen LogP contribution in [0, 0.1) is 5.82 Å². The van der Waals surface area contributed by atoms with Crippen molar-refractivity contribution in [3.63, 3.8) is 0 Å². The third kappa shape index (κ3) is 4.79. The second-order valence-corrected chi connectivity index (χ2v) is 7.01. The highest BCUT2D eigenvalue weighted by atomic mass is 35.5. The van der Waals surface area contributed by atoms with Crippen LogP contribution in [0.3, 0.4) is 0 Å². The molecule has 2 atom stereocenters. The maximum Gasteiger partial charge on any atom is 0.582 e. The molecular weight excluding hydrogens is 376 g/mol. The van der Waals surface area contributed by atoms with Gasteiger partial charge in [-0.15, -0.1) is 0 Å². The first-order valence-corrected chi connectivity index (χ1v) is 9.38. The lowest BCUT2D eigenvalue weighted by Gasteiger charge is -2.11. The molecular formula is C19H15ClFNO3P+. The molecule has 0 heterocycles. The van der Waals surface area contributed by atoms with Crippen LogP contribution in [0.25, 0.3) is 0 Å². The van der Waals surface area contributed by atoms with Gasteiger partial charge in [0.1, 0.15) is 5.82 Å². The lowest BCUT2D eigenvalue weighted by Crippen LogP contribution is -2.10. The van der Waals surface area contributed by atoms with E-state index in [0.29, 0.717) is 16.5 Å². The summed E-state index contributed by atoms with van der Waals surface area (Å²) in [5.74, 6) is -1.15. The van der Waals surface area contributed by atoms with Gasteiger partial charge in [0.2, 0.25) is 0 Å². The topological polar surface area (TPSA) is 47.6 Å². The molecule has 1 N–H and O–H groups in total. The zero-order valence-electron chi connectivity index (χ0n) is 13.5. The maximum atomic E-state index is 14.3. The van der Waals surface area contributed by atoms with E-state index in [0.717, 1.165) is 0 Å². The van der Waals surface area contributed by atoms with Crippen LogP contribution in [-0.4, -0.2) is 0 Å². The summed E-state index contributed by atoms with van der Waals surface area (Å²) in [6.07, 6.45) is 0. The number of benzene rings is 3. The highest BCUT2D eigenvalue weighted by Crippen LogP contribution is 2.44. The Hall–Kier alpha value is -2.46. The van der Waals surface area contributed by atoms with E-state index in [2.05, 4.69) is 5.32 Å². The first-order valence-electron chi connectivity index (χ1n) is 7.76. The summed E-state index contributed by atoms with van der Waals surface area (Å²) in [5, 5.41) is 3.34. The number of halogens is 2.